The quantitative estimate of drug-likeness (QED) is 0.399. The lowest BCUT2D eigenvalue weighted by molar-refractivity contribution is -0.225. The molecule has 5 rings (SSSR count). The topological polar surface area (TPSA) is 80.9 Å². The number of hydrogen-bond acceptors (Lipinski definition) is 4. The van der Waals surface area contributed by atoms with Gasteiger partial charge in [-0.2, -0.15) is 0 Å². The van der Waals surface area contributed by atoms with Crippen molar-refractivity contribution in [3.8, 4) is 0 Å². The first-order valence-corrected chi connectivity index (χ1v) is 14.0. The fourth-order valence-electron chi connectivity index (χ4n) is 10.7. The molecule has 0 radical (unpaired) electrons. The molecule has 4 heteroatoms. The molecule has 0 aromatic carbocycles. The minimum Gasteiger partial charge on any atom is -0.396 e. The molecule has 11 atom stereocenters. The van der Waals surface area contributed by atoms with Crippen LogP contribution in [0.5, 0.6) is 0 Å². The Balaban J connectivity index is 1.58. The summed E-state index contributed by atoms with van der Waals surface area (Å²) in [7, 11) is 0. The molecule has 0 bridgehead atoms. The lowest BCUT2D eigenvalue weighted by atomic mass is 9.33. The van der Waals surface area contributed by atoms with Gasteiger partial charge in [0.2, 0.25) is 0 Å². The number of hydrogen-bond donors (Lipinski definition) is 4. The summed E-state index contributed by atoms with van der Waals surface area (Å²) in [6, 6.07) is 0. The van der Waals surface area contributed by atoms with Gasteiger partial charge in [0.1, 0.15) is 0 Å². The normalized spacial score (nSPS) is 58.6. The Morgan fingerprint density at radius 2 is 1.47 bits per heavy atom. The number of allylic oxidation sites excluding steroid dienone is 2. The van der Waals surface area contributed by atoms with E-state index in [4.69, 9.17) is 0 Å². The third kappa shape index (κ3) is 2.81. The highest BCUT2D eigenvalue weighted by Crippen LogP contribution is 2.75. The average molecular weight is 475 g/mol. The van der Waals surface area contributed by atoms with Gasteiger partial charge in [-0.15, -0.1) is 0 Å². The Kier molecular flexibility index (Phi) is 5.44. The highest BCUT2D eigenvalue weighted by Gasteiger charge is 2.69. The van der Waals surface area contributed by atoms with E-state index < -0.39 is 23.7 Å². The molecule has 0 aromatic heterocycles. The molecule has 4 saturated carbocycles. The van der Waals surface area contributed by atoms with Crippen LogP contribution < -0.4 is 0 Å². The van der Waals surface area contributed by atoms with Crippen LogP contribution in [0.2, 0.25) is 0 Å². The van der Waals surface area contributed by atoms with E-state index >= 15 is 0 Å². The molecule has 0 amide bonds. The summed E-state index contributed by atoms with van der Waals surface area (Å²) in [6.07, 6.45) is 8.79. The smallest absolute Gasteiger partial charge is 0.0863 e. The van der Waals surface area contributed by atoms with Crippen molar-refractivity contribution in [1.29, 1.82) is 0 Å². The SMILES string of the molecule is CC1(C)C[C@@H]2C3=CC[C@@H]4[C@@]5(C)CC[C@H](O)C(C)(CO)C5CC[C@@]4(C)[C@]3(C)CC[C@@]2(C)[C@H](O)[C@@H]1O. The summed E-state index contributed by atoms with van der Waals surface area (Å²) in [5, 5.41) is 43.6. The van der Waals surface area contributed by atoms with Crippen molar-refractivity contribution in [3.05, 3.63) is 11.6 Å². The predicted molar refractivity (Wildman–Crippen MR) is 135 cm³/mol. The highest BCUT2D eigenvalue weighted by atomic mass is 16.3. The van der Waals surface area contributed by atoms with Gasteiger partial charge < -0.3 is 20.4 Å². The van der Waals surface area contributed by atoms with E-state index in [0.717, 1.165) is 51.4 Å². The van der Waals surface area contributed by atoms with E-state index in [1.165, 1.54) is 0 Å². The molecular formula is C30H50O4. The van der Waals surface area contributed by atoms with Gasteiger partial charge in [-0.25, -0.2) is 0 Å². The van der Waals surface area contributed by atoms with Crippen molar-refractivity contribution in [1.82, 2.24) is 0 Å². The van der Waals surface area contributed by atoms with Crippen LogP contribution >= 0.6 is 0 Å². The van der Waals surface area contributed by atoms with Crippen LogP contribution in [0.15, 0.2) is 11.6 Å². The third-order valence-corrected chi connectivity index (χ3v) is 13.5. The van der Waals surface area contributed by atoms with Crippen molar-refractivity contribution in [2.24, 2.45) is 50.2 Å². The van der Waals surface area contributed by atoms with Gasteiger partial charge in [-0.1, -0.05) is 60.1 Å². The molecule has 0 heterocycles. The highest BCUT2D eigenvalue weighted by molar-refractivity contribution is 5.34. The summed E-state index contributed by atoms with van der Waals surface area (Å²) < 4.78 is 0. The van der Waals surface area contributed by atoms with Gasteiger partial charge >= 0.3 is 0 Å². The molecule has 194 valence electrons. The first kappa shape index (κ1) is 25.2. The molecule has 0 aliphatic heterocycles. The van der Waals surface area contributed by atoms with E-state index in [0.29, 0.717) is 17.8 Å². The molecule has 5 aliphatic carbocycles. The average Bonchev–Trinajstić information content (AvgIpc) is 2.77. The van der Waals surface area contributed by atoms with E-state index in [-0.39, 0.29) is 33.7 Å². The zero-order chi connectivity index (χ0) is 25.1. The second-order valence-electron chi connectivity index (χ2n) is 15.2. The van der Waals surface area contributed by atoms with Crippen LogP contribution in [-0.4, -0.2) is 45.3 Å². The number of fused-ring (bicyclic) bond motifs is 7. The van der Waals surface area contributed by atoms with Gasteiger partial charge in [0.25, 0.3) is 0 Å². The zero-order valence-corrected chi connectivity index (χ0v) is 22.7. The van der Waals surface area contributed by atoms with E-state index in [2.05, 4.69) is 54.5 Å². The van der Waals surface area contributed by atoms with Crippen molar-refractivity contribution >= 4 is 0 Å². The number of aliphatic hydroxyl groups excluding tert-OH is 4. The standard InChI is InChI=1S/C30H50O4/c1-25(2)16-19-18-8-9-21-27(4)12-11-22(32)28(5,17-31)20(27)10-13-30(21,7)29(18,6)15-14-26(19,3)24(34)23(25)33/h8,19-24,31-34H,9-17H2,1-7H3/t19-,20?,21-,22+,23+,24-,26-,27+,28?,29-,30-/m1/s1. The second kappa shape index (κ2) is 7.33. The van der Waals surface area contributed by atoms with Gasteiger partial charge in [0.15, 0.2) is 0 Å². The Morgan fingerprint density at radius 3 is 2.12 bits per heavy atom. The summed E-state index contributed by atoms with van der Waals surface area (Å²) >= 11 is 0. The maximum absolute atomic E-state index is 11.3. The largest absolute Gasteiger partial charge is 0.396 e. The molecule has 0 saturated heterocycles. The predicted octanol–water partition coefficient (Wildman–Crippen LogP) is 5.08. The zero-order valence-electron chi connectivity index (χ0n) is 22.7. The first-order chi connectivity index (χ1) is 15.6. The van der Waals surface area contributed by atoms with Crippen molar-refractivity contribution in [3.63, 3.8) is 0 Å². The lowest BCUT2D eigenvalue weighted by Gasteiger charge is -2.72. The van der Waals surface area contributed by atoms with Gasteiger partial charge in [-0.05, 0) is 90.8 Å². The molecule has 4 fully saturated rings. The Labute approximate surface area is 207 Å². The van der Waals surface area contributed by atoms with Crippen molar-refractivity contribution in [2.45, 2.75) is 118 Å². The van der Waals surface area contributed by atoms with Gasteiger partial charge in [0.05, 0.1) is 24.9 Å². The Bertz CT molecular complexity index is 881. The molecule has 34 heavy (non-hydrogen) atoms. The molecule has 4 N–H and O–H groups in total. The summed E-state index contributed by atoms with van der Waals surface area (Å²) in [4.78, 5) is 0. The Hall–Kier alpha value is -0.420. The van der Waals surface area contributed by atoms with Crippen molar-refractivity contribution < 1.29 is 20.4 Å². The fraction of sp³-hybridized carbons (Fsp3) is 0.933. The van der Waals surface area contributed by atoms with Crippen LogP contribution in [-0.2, 0) is 0 Å². The lowest BCUT2D eigenvalue weighted by Crippen LogP contribution is -2.67. The van der Waals surface area contributed by atoms with Crippen LogP contribution in [0.25, 0.3) is 0 Å². The van der Waals surface area contributed by atoms with Crippen LogP contribution in [0.1, 0.15) is 99.8 Å². The molecule has 2 unspecified atom stereocenters. The minimum absolute atomic E-state index is 0.0614. The summed E-state index contributed by atoms with van der Waals surface area (Å²) in [5.74, 6) is 1.17. The monoisotopic (exact) mass is 474 g/mol. The Morgan fingerprint density at radius 1 is 0.794 bits per heavy atom. The maximum Gasteiger partial charge on any atom is 0.0863 e. The molecular weight excluding hydrogens is 424 g/mol. The summed E-state index contributed by atoms with van der Waals surface area (Å²) in [5.41, 5.74) is 0.920. The molecule has 4 nitrogen and oxygen atoms in total. The van der Waals surface area contributed by atoms with Crippen LogP contribution in [0.4, 0.5) is 0 Å². The first-order valence-electron chi connectivity index (χ1n) is 14.0. The summed E-state index contributed by atoms with van der Waals surface area (Å²) in [6.45, 7) is 16.2. The van der Waals surface area contributed by atoms with E-state index in [9.17, 15) is 20.4 Å². The van der Waals surface area contributed by atoms with Crippen LogP contribution in [0.3, 0.4) is 0 Å². The van der Waals surface area contributed by atoms with Crippen LogP contribution in [0, 0.1) is 50.2 Å². The maximum atomic E-state index is 11.3. The van der Waals surface area contributed by atoms with Gasteiger partial charge in [-0.3, -0.25) is 0 Å². The third-order valence-electron chi connectivity index (χ3n) is 13.5. The second-order valence-corrected chi connectivity index (χ2v) is 15.2. The molecule has 5 aliphatic rings. The minimum atomic E-state index is -0.685. The molecule has 0 aromatic rings. The van der Waals surface area contributed by atoms with E-state index in [1.54, 1.807) is 5.57 Å². The van der Waals surface area contributed by atoms with Crippen molar-refractivity contribution in [2.75, 3.05) is 6.61 Å². The number of rotatable bonds is 1. The fourth-order valence-corrected chi connectivity index (χ4v) is 10.7. The number of aliphatic hydroxyl groups is 4. The molecule has 0 spiro atoms. The van der Waals surface area contributed by atoms with Gasteiger partial charge in [0, 0.05) is 10.8 Å². The van der Waals surface area contributed by atoms with E-state index in [1.807, 2.05) is 0 Å².